The van der Waals surface area contributed by atoms with Crippen molar-refractivity contribution in [2.24, 2.45) is 9.98 Å². The first-order chi connectivity index (χ1) is 15.2. The molecule has 0 amide bonds. The van der Waals surface area contributed by atoms with Gasteiger partial charge in [-0.25, -0.2) is 0 Å². The van der Waals surface area contributed by atoms with Crippen molar-refractivity contribution in [2.75, 3.05) is 0 Å². The van der Waals surface area contributed by atoms with Gasteiger partial charge in [0.2, 0.25) is 0 Å². The molecule has 0 spiro atoms. The van der Waals surface area contributed by atoms with Crippen LogP contribution in [0.3, 0.4) is 0 Å². The molecular weight excluding hydrogens is 496 g/mol. The molecule has 0 aromatic heterocycles. The molecule has 0 aliphatic heterocycles. The minimum Gasteiger partial charge on any atom is -0.252 e. The first-order valence-corrected chi connectivity index (χ1v) is 8.88. The summed E-state index contributed by atoms with van der Waals surface area (Å²) in [6.45, 7) is 2.12. The summed E-state index contributed by atoms with van der Waals surface area (Å²) in [5.41, 5.74) is -8.92. The van der Waals surface area contributed by atoms with Gasteiger partial charge in [0.1, 0.15) is 0 Å². The number of hydrogen-bond acceptors (Lipinski definition) is 2. The maximum Gasteiger partial charge on any atom is 0.416 e. The van der Waals surface area contributed by atoms with E-state index in [4.69, 9.17) is 0 Å². The van der Waals surface area contributed by atoms with Gasteiger partial charge in [0, 0.05) is 0 Å². The van der Waals surface area contributed by atoms with Crippen molar-refractivity contribution in [1.82, 2.24) is 0 Å². The highest BCUT2D eigenvalue weighted by Gasteiger charge is 2.38. The van der Waals surface area contributed by atoms with E-state index in [9.17, 15) is 52.7 Å². The van der Waals surface area contributed by atoms with E-state index in [0.717, 1.165) is 13.8 Å². The van der Waals surface area contributed by atoms with Gasteiger partial charge in [-0.3, -0.25) is 9.98 Å². The maximum absolute atomic E-state index is 13.0. The van der Waals surface area contributed by atoms with Crippen LogP contribution in [0, 0.1) is 0 Å². The lowest BCUT2D eigenvalue weighted by molar-refractivity contribution is -0.144. The molecule has 0 atom stereocenters. The Labute approximate surface area is 183 Å². The lowest BCUT2D eigenvalue weighted by Gasteiger charge is -2.13. The SMILES string of the molecule is CC(=Nc1cc(C(F)(F)F)cc(C(F)(F)F)c1)C(C)=Nc1cc(C(F)(F)F)cc(C(F)(F)F)c1. The molecule has 2 rings (SSSR count). The van der Waals surface area contributed by atoms with Crippen LogP contribution in [0.5, 0.6) is 0 Å². The van der Waals surface area contributed by atoms with Gasteiger partial charge in [-0.15, -0.1) is 0 Å². The molecule has 0 aliphatic rings. The van der Waals surface area contributed by atoms with Crippen molar-refractivity contribution in [3.63, 3.8) is 0 Å². The van der Waals surface area contributed by atoms with Crippen molar-refractivity contribution >= 4 is 22.8 Å². The van der Waals surface area contributed by atoms with Gasteiger partial charge in [0.15, 0.2) is 0 Å². The third-order valence-electron chi connectivity index (χ3n) is 4.26. The van der Waals surface area contributed by atoms with E-state index >= 15 is 0 Å². The Hall–Kier alpha value is -3.06. The minimum absolute atomic E-state index is 0.128. The van der Waals surface area contributed by atoms with Crippen molar-refractivity contribution in [3.8, 4) is 0 Å². The van der Waals surface area contributed by atoms with Crippen LogP contribution in [0.1, 0.15) is 36.1 Å². The summed E-state index contributed by atoms with van der Waals surface area (Å²) >= 11 is 0. The molecule has 0 saturated heterocycles. The molecular formula is C20H12F12N2. The largest absolute Gasteiger partial charge is 0.416 e. The number of nitrogens with zero attached hydrogens (tertiary/aromatic N) is 2. The second-order valence-electron chi connectivity index (χ2n) is 6.92. The molecule has 2 nitrogen and oxygen atoms in total. The van der Waals surface area contributed by atoms with Gasteiger partial charge >= 0.3 is 24.7 Å². The van der Waals surface area contributed by atoms with Gasteiger partial charge in [0.05, 0.1) is 45.1 Å². The van der Waals surface area contributed by atoms with E-state index in [2.05, 4.69) is 9.98 Å². The predicted octanol–water partition coefficient (Wildman–Crippen LogP) is 8.65. The zero-order chi connectivity index (χ0) is 26.3. The molecule has 0 saturated carbocycles. The summed E-state index contributed by atoms with van der Waals surface area (Å²) in [5.74, 6) is 0. The van der Waals surface area contributed by atoms with Crippen LogP contribution in [-0.4, -0.2) is 11.4 Å². The third-order valence-corrected chi connectivity index (χ3v) is 4.26. The predicted molar refractivity (Wildman–Crippen MR) is 98.4 cm³/mol. The molecule has 0 fully saturated rings. The lowest BCUT2D eigenvalue weighted by Crippen LogP contribution is -2.11. The van der Waals surface area contributed by atoms with E-state index in [1.807, 2.05) is 0 Å². The van der Waals surface area contributed by atoms with Crippen molar-refractivity contribution in [1.29, 1.82) is 0 Å². The van der Waals surface area contributed by atoms with Crippen LogP contribution in [0.4, 0.5) is 64.1 Å². The van der Waals surface area contributed by atoms with E-state index in [0.29, 0.717) is 24.3 Å². The van der Waals surface area contributed by atoms with Gasteiger partial charge in [-0.05, 0) is 50.2 Å². The van der Waals surface area contributed by atoms with Gasteiger partial charge < -0.3 is 0 Å². The molecule has 0 radical (unpaired) electrons. The molecule has 2 aromatic rings. The number of benzene rings is 2. The van der Waals surface area contributed by atoms with Crippen LogP contribution in [0.15, 0.2) is 46.4 Å². The van der Waals surface area contributed by atoms with Crippen LogP contribution in [-0.2, 0) is 24.7 Å². The Bertz CT molecular complexity index is 962. The highest BCUT2D eigenvalue weighted by atomic mass is 19.4. The Kier molecular flexibility index (Phi) is 7.15. The van der Waals surface area contributed by atoms with Gasteiger partial charge in [0.25, 0.3) is 0 Å². The summed E-state index contributed by atoms with van der Waals surface area (Å²) in [7, 11) is 0. The van der Waals surface area contributed by atoms with Crippen LogP contribution < -0.4 is 0 Å². The fourth-order valence-electron chi connectivity index (χ4n) is 2.56. The van der Waals surface area contributed by atoms with E-state index in [1.165, 1.54) is 0 Å². The molecule has 0 unspecified atom stereocenters. The van der Waals surface area contributed by atoms with Crippen LogP contribution in [0.25, 0.3) is 0 Å². The van der Waals surface area contributed by atoms with E-state index < -0.39 is 58.3 Å². The van der Waals surface area contributed by atoms with Crippen molar-refractivity contribution in [3.05, 3.63) is 58.7 Å². The highest BCUT2D eigenvalue weighted by Crippen LogP contribution is 2.39. The first kappa shape index (κ1) is 27.2. The van der Waals surface area contributed by atoms with Crippen LogP contribution >= 0.6 is 0 Å². The smallest absolute Gasteiger partial charge is 0.252 e. The number of alkyl halides is 12. The molecule has 2 aromatic carbocycles. The molecule has 186 valence electrons. The average Bonchev–Trinajstić information content (AvgIpc) is 2.64. The third kappa shape index (κ3) is 6.97. The Morgan fingerprint density at radius 3 is 0.824 bits per heavy atom. The van der Waals surface area contributed by atoms with Crippen molar-refractivity contribution < 1.29 is 52.7 Å². The van der Waals surface area contributed by atoms with Gasteiger partial charge in [-0.2, -0.15) is 52.7 Å². The lowest BCUT2D eigenvalue weighted by atomic mass is 10.1. The second-order valence-corrected chi connectivity index (χ2v) is 6.92. The molecule has 14 heteroatoms. The summed E-state index contributed by atoms with van der Waals surface area (Å²) in [5, 5.41) is 0. The fraction of sp³-hybridized carbons (Fsp3) is 0.300. The fourth-order valence-corrected chi connectivity index (χ4v) is 2.56. The highest BCUT2D eigenvalue weighted by molar-refractivity contribution is 6.41. The molecule has 0 N–H and O–H groups in total. The summed E-state index contributed by atoms with van der Waals surface area (Å²) in [4.78, 5) is 7.17. The molecule has 34 heavy (non-hydrogen) atoms. The zero-order valence-electron chi connectivity index (χ0n) is 16.9. The topological polar surface area (TPSA) is 24.7 Å². The number of halogens is 12. The average molecular weight is 508 g/mol. The Morgan fingerprint density at radius 2 is 0.647 bits per heavy atom. The summed E-state index contributed by atoms with van der Waals surface area (Å²) < 4.78 is 156. The van der Waals surface area contributed by atoms with Crippen LogP contribution in [0.2, 0.25) is 0 Å². The first-order valence-electron chi connectivity index (χ1n) is 8.88. The monoisotopic (exact) mass is 508 g/mol. The van der Waals surface area contributed by atoms with E-state index in [-0.39, 0.29) is 23.6 Å². The Balaban J connectivity index is 2.58. The number of rotatable bonds is 3. The van der Waals surface area contributed by atoms with E-state index in [1.54, 1.807) is 0 Å². The molecule has 0 bridgehead atoms. The second kappa shape index (κ2) is 8.95. The standard InChI is InChI=1S/C20H12F12N2/c1-9(33-15-5-11(17(21,22)23)3-12(6-15)18(24,25)26)10(2)34-16-7-13(19(27,28)29)4-14(8-16)20(30,31)32/h3-8H,1-2H3. The summed E-state index contributed by atoms with van der Waals surface area (Å²) in [6.07, 6.45) is -20.6. The number of hydrogen-bond donors (Lipinski definition) is 0. The summed E-state index contributed by atoms with van der Waals surface area (Å²) in [6, 6.07) is 0.958. The van der Waals surface area contributed by atoms with Crippen molar-refractivity contribution in [2.45, 2.75) is 38.6 Å². The zero-order valence-corrected chi connectivity index (χ0v) is 16.9. The van der Waals surface area contributed by atoms with Gasteiger partial charge in [-0.1, -0.05) is 0 Å². The number of aliphatic imine (C=N–C) groups is 2. The molecule has 0 heterocycles. The molecule has 0 aliphatic carbocycles. The normalized spacial score (nSPS) is 14.5. The minimum atomic E-state index is -5.14. The maximum atomic E-state index is 13.0. The quantitative estimate of drug-likeness (QED) is 0.293. The Morgan fingerprint density at radius 1 is 0.441 bits per heavy atom.